The second-order valence-corrected chi connectivity index (χ2v) is 5.74. The monoisotopic (exact) mass is 301 g/mol. The van der Waals surface area contributed by atoms with Gasteiger partial charge in [0.05, 0.1) is 23.0 Å². The minimum Gasteiger partial charge on any atom is -0.397 e. The van der Waals surface area contributed by atoms with E-state index in [1.54, 1.807) is 6.20 Å². The lowest BCUT2D eigenvalue weighted by Gasteiger charge is -2.16. The Hall–Kier alpha value is -1.76. The van der Waals surface area contributed by atoms with Crippen molar-refractivity contribution in [1.29, 1.82) is 0 Å². The summed E-state index contributed by atoms with van der Waals surface area (Å²) in [6, 6.07) is 3.17. The van der Waals surface area contributed by atoms with Crippen LogP contribution in [0.15, 0.2) is 24.4 Å². The van der Waals surface area contributed by atoms with E-state index >= 15 is 0 Å². The zero-order chi connectivity index (χ0) is 14.9. The Morgan fingerprint density at radius 1 is 1.35 bits per heavy atom. The normalized spacial score (nSPS) is 13.2. The molecule has 1 aromatic carbocycles. The maximum absolute atomic E-state index is 12.5. The van der Waals surface area contributed by atoms with Crippen LogP contribution in [0, 0.1) is 6.92 Å². The third-order valence-corrected chi connectivity index (χ3v) is 3.86. The number of rotatable bonds is 3. The average Bonchev–Trinajstić information content (AvgIpc) is 2.77. The first-order chi connectivity index (χ1) is 9.27. The molecule has 0 bridgehead atoms. The van der Waals surface area contributed by atoms with Gasteiger partial charge in [-0.1, -0.05) is 0 Å². The number of aryl methyl sites for hydroxylation is 1. The molecule has 0 radical (unpaired) electrons. The largest absolute Gasteiger partial charge is 0.416 e. The third kappa shape index (κ3) is 3.22. The van der Waals surface area contributed by atoms with E-state index in [0.29, 0.717) is 5.69 Å². The molecule has 7 heteroatoms. The molecule has 0 aliphatic rings. The molecule has 108 valence electrons. The van der Waals surface area contributed by atoms with Gasteiger partial charge in [0.15, 0.2) is 0 Å². The van der Waals surface area contributed by atoms with Crippen molar-refractivity contribution >= 4 is 22.7 Å². The third-order valence-electron chi connectivity index (χ3n) is 2.76. The van der Waals surface area contributed by atoms with Gasteiger partial charge in [-0.25, -0.2) is 4.98 Å². The van der Waals surface area contributed by atoms with E-state index < -0.39 is 11.7 Å². The number of hydrogen-bond donors (Lipinski definition) is 2. The van der Waals surface area contributed by atoms with E-state index in [2.05, 4.69) is 10.3 Å². The van der Waals surface area contributed by atoms with Crippen LogP contribution >= 0.6 is 11.3 Å². The highest BCUT2D eigenvalue weighted by Gasteiger charge is 2.30. The fraction of sp³-hybridized carbons (Fsp3) is 0.308. The van der Waals surface area contributed by atoms with Crippen LogP contribution in [-0.2, 0) is 6.18 Å². The molecule has 0 aliphatic carbocycles. The summed E-state index contributed by atoms with van der Waals surface area (Å²) in [5, 5.41) is 3.94. The van der Waals surface area contributed by atoms with E-state index in [-0.39, 0.29) is 11.7 Å². The summed E-state index contributed by atoms with van der Waals surface area (Å²) in [4.78, 5) is 5.31. The topological polar surface area (TPSA) is 50.9 Å². The number of alkyl halides is 3. The van der Waals surface area contributed by atoms with Crippen molar-refractivity contribution in [2.75, 3.05) is 11.1 Å². The lowest BCUT2D eigenvalue weighted by molar-refractivity contribution is -0.137. The Kier molecular flexibility index (Phi) is 3.89. The van der Waals surface area contributed by atoms with Gasteiger partial charge in [-0.2, -0.15) is 13.2 Å². The van der Waals surface area contributed by atoms with Crippen molar-refractivity contribution in [2.45, 2.75) is 26.1 Å². The molecule has 0 spiro atoms. The minimum absolute atomic E-state index is 0.0694. The number of halogens is 3. The number of hydrogen-bond acceptors (Lipinski definition) is 4. The summed E-state index contributed by atoms with van der Waals surface area (Å²) < 4.78 is 37.6. The van der Waals surface area contributed by atoms with Crippen LogP contribution in [0.5, 0.6) is 0 Å². The van der Waals surface area contributed by atoms with Gasteiger partial charge in [-0.15, -0.1) is 11.3 Å². The first-order valence-corrected chi connectivity index (χ1v) is 6.74. The molecule has 2 rings (SSSR count). The molecular formula is C13H14F3N3S. The number of nitrogens with one attached hydrogen (secondary N) is 1. The second kappa shape index (κ2) is 5.32. The van der Waals surface area contributed by atoms with E-state index in [1.165, 1.54) is 17.4 Å². The van der Waals surface area contributed by atoms with Crippen LogP contribution in [0.4, 0.5) is 24.5 Å². The van der Waals surface area contributed by atoms with Crippen LogP contribution in [0.25, 0.3) is 0 Å². The fourth-order valence-corrected chi connectivity index (χ4v) is 2.51. The quantitative estimate of drug-likeness (QED) is 0.834. The Bertz CT molecular complexity index is 607. The first kappa shape index (κ1) is 14.6. The van der Waals surface area contributed by atoms with E-state index in [9.17, 15) is 13.2 Å². The van der Waals surface area contributed by atoms with Crippen molar-refractivity contribution in [3.8, 4) is 0 Å². The predicted molar refractivity (Wildman–Crippen MR) is 74.7 cm³/mol. The molecule has 3 nitrogen and oxygen atoms in total. The molecule has 0 saturated heterocycles. The van der Waals surface area contributed by atoms with Crippen LogP contribution in [-0.4, -0.2) is 4.98 Å². The van der Waals surface area contributed by atoms with Crippen molar-refractivity contribution < 1.29 is 13.2 Å². The number of thiazole rings is 1. The summed E-state index contributed by atoms with van der Waals surface area (Å²) >= 11 is 1.53. The van der Waals surface area contributed by atoms with E-state index in [0.717, 1.165) is 22.0 Å². The predicted octanol–water partition coefficient (Wildman–Crippen LogP) is 4.23. The number of anilines is 2. The smallest absolute Gasteiger partial charge is 0.397 e. The number of nitrogen functional groups attached to an aromatic ring is 1. The van der Waals surface area contributed by atoms with Gasteiger partial charge >= 0.3 is 6.18 Å². The van der Waals surface area contributed by atoms with Gasteiger partial charge in [0.2, 0.25) is 0 Å². The molecule has 0 saturated carbocycles. The summed E-state index contributed by atoms with van der Waals surface area (Å²) in [6.07, 6.45) is -2.63. The molecule has 2 aromatic rings. The lowest BCUT2D eigenvalue weighted by atomic mass is 10.1. The maximum Gasteiger partial charge on any atom is 0.416 e. The van der Waals surface area contributed by atoms with Crippen LogP contribution in [0.3, 0.4) is 0 Å². The Morgan fingerprint density at radius 3 is 2.55 bits per heavy atom. The summed E-state index contributed by atoms with van der Waals surface area (Å²) in [7, 11) is 0. The molecule has 0 aliphatic heterocycles. The zero-order valence-electron chi connectivity index (χ0n) is 11.0. The molecule has 0 fully saturated rings. The minimum atomic E-state index is -4.38. The molecule has 0 amide bonds. The SMILES string of the molecule is Cc1cnc(C(C)Nc2ccc(C(F)(F)F)cc2N)s1. The molecule has 3 N–H and O–H groups in total. The van der Waals surface area contributed by atoms with Gasteiger partial charge in [0, 0.05) is 11.1 Å². The molecule has 1 heterocycles. The summed E-state index contributed by atoms with van der Waals surface area (Å²) in [6.45, 7) is 3.83. The van der Waals surface area contributed by atoms with E-state index in [1.807, 2.05) is 13.8 Å². The molecule has 1 atom stereocenters. The van der Waals surface area contributed by atoms with Crippen LogP contribution in [0.1, 0.15) is 28.4 Å². The van der Waals surface area contributed by atoms with Gasteiger partial charge in [0.1, 0.15) is 5.01 Å². The highest BCUT2D eigenvalue weighted by Crippen LogP contribution is 2.34. The lowest BCUT2D eigenvalue weighted by Crippen LogP contribution is -2.10. The van der Waals surface area contributed by atoms with Crippen molar-refractivity contribution in [3.63, 3.8) is 0 Å². The molecule has 1 unspecified atom stereocenters. The van der Waals surface area contributed by atoms with Crippen molar-refractivity contribution in [2.24, 2.45) is 0 Å². The van der Waals surface area contributed by atoms with Gasteiger partial charge in [-0.3, -0.25) is 0 Å². The Labute approximate surface area is 118 Å². The van der Waals surface area contributed by atoms with E-state index in [4.69, 9.17) is 5.73 Å². The number of benzene rings is 1. The summed E-state index contributed by atoms with van der Waals surface area (Å²) in [5.41, 5.74) is 5.46. The Balaban J connectivity index is 2.18. The highest BCUT2D eigenvalue weighted by atomic mass is 32.1. The number of nitrogens with zero attached hydrogens (tertiary/aromatic N) is 1. The number of nitrogens with two attached hydrogens (primary N) is 1. The fourth-order valence-electron chi connectivity index (χ4n) is 1.74. The highest BCUT2D eigenvalue weighted by molar-refractivity contribution is 7.11. The van der Waals surface area contributed by atoms with Crippen LogP contribution < -0.4 is 11.1 Å². The second-order valence-electron chi connectivity index (χ2n) is 4.47. The standard InChI is InChI=1S/C13H14F3N3S/c1-7-6-18-12(20-7)8(2)19-11-4-3-9(5-10(11)17)13(14,15)16/h3-6,8,19H,17H2,1-2H3. The average molecular weight is 301 g/mol. The van der Waals surface area contributed by atoms with Crippen LogP contribution in [0.2, 0.25) is 0 Å². The van der Waals surface area contributed by atoms with Crippen molar-refractivity contribution in [3.05, 3.63) is 39.8 Å². The first-order valence-electron chi connectivity index (χ1n) is 5.93. The molecule has 1 aromatic heterocycles. The number of aromatic nitrogens is 1. The van der Waals surface area contributed by atoms with Gasteiger partial charge < -0.3 is 11.1 Å². The zero-order valence-corrected chi connectivity index (χ0v) is 11.8. The molecule has 20 heavy (non-hydrogen) atoms. The summed E-state index contributed by atoms with van der Waals surface area (Å²) in [5.74, 6) is 0. The van der Waals surface area contributed by atoms with Gasteiger partial charge in [0.25, 0.3) is 0 Å². The Morgan fingerprint density at radius 2 is 2.05 bits per heavy atom. The maximum atomic E-state index is 12.5. The van der Waals surface area contributed by atoms with Crippen molar-refractivity contribution in [1.82, 2.24) is 4.98 Å². The van der Waals surface area contributed by atoms with Gasteiger partial charge in [-0.05, 0) is 32.0 Å². The molecular weight excluding hydrogens is 287 g/mol.